The van der Waals surface area contributed by atoms with Crippen molar-refractivity contribution in [3.05, 3.63) is 29.3 Å². The quantitative estimate of drug-likeness (QED) is 0.721. The van der Waals surface area contributed by atoms with Crippen LogP contribution in [0.15, 0.2) is 18.2 Å². The van der Waals surface area contributed by atoms with Crippen molar-refractivity contribution in [1.82, 2.24) is 0 Å². The molecule has 1 nitrogen and oxygen atoms in total. The Bertz CT molecular complexity index is 458. The molecule has 5 heteroatoms. The minimum Gasteiger partial charge on any atom is -0.374 e. The highest BCUT2D eigenvalue weighted by molar-refractivity contribution is 9.08. The fraction of sp³-hybridized carbons (Fsp3) is 0.571. The molecule has 2 rings (SSSR count). The molecule has 0 bridgehead atoms. The van der Waals surface area contributed by atoms with Gasteiger partial charge in [-0.05, 0) is 36.0 Å². The van der Waals surface area contributed by atoms with Crippen LogP contribution in [-0.4, -0.2) is 13.6 Å². The van der Waals surface area contributed by atoms with Gasteiger partial charge in [-0.25, -0.2) is 0 Å². The molecule has 0 aromatic heterocycles. The molecule has 0 N–H and O–H groups in total. The van der Waals surface area contributed by atoms with E-state index in [0.717, 1.165) is 6.54 Å². The Balaban J connectivity index is 2.22. The van der Waals surface area contributed by atoms with Crippen molar-refractivity contribution in [3.63, 3.8) is 0 Å². The number of anilines is 1. The maximum Gasteiger partial charge on any atom is 0.416 e. The van der Waals surface area contributed by atoms with Crippen LogP contribution in [0.5, 0.6) is 0 Å². The summed E-state index contributed by atoms with van der Waals surface area (Å²) in [6.45, 7) is 3.00. The van der Waals surface area contributed by atoms with E-state index in [9.17, 15) is 13.2 Å². The number of hydrogen-bond donors (Lipinski definition) is 0. The second kappa shape index (κ2) is 5.35. The summed E-state index contributed by atoms with van der Waals surface area (Å²) < 4.78 is 38.9. The van der Waals surface area contributed by atoms with Gasteiger partial charge in [0.1, 0.15) is 0 Å². The first-order valence-corrected chi connectivity index (χ1v) is 7.42. The van der Waals surface area contributed by atoms with Gasteiger partial charge in [0.15, 0.2) is 0 Å². The molecule has 2 atom stereocenters. The van der Waals surface area contributed by atoms with Crippen LogP contribution in [0.1, 0.15) is 24.5 Å². The van der Waals surface area contributed by atoms with Crippen molar-refractivity contribution in [3.8, 4) is 0 Å². The van der Waals surface area contributed by atoms with E-state index in [1.807, 2.05) is 11.9 Å². The number of halogens is 4. The zero-order valence-electron chi connectivity index (χ0n) is 11.0. The van der Waals surface area contributed by atoms with E-state index in [-0.39, 0.29) is 10.9 Å². The molecule has 0 saturated heterocycles. The molecule has 1 aromatic rings. The third-order valence-electron chi connectivity index (χ3n) is 3.77. The Morgan fingerprint density at radius 3 is 2.47 bits per heavy atom. The molecule has 106 valence electrons. The van der Waals surface area contributed by atoms with Gasteiger partial charge in [0.25, 0.3) is 0 Å². The van der Waals surface area contributed by atoms with Gasteiger partial charge in [-0.15, -0.1) is 0 Å². The summed E-state index contributed by atoms with van der Waals surface area (Å²) >= 11 is 3.11. The van der Waals surface area contributed by atoms with Gasteiger partial charge in [0.05, 0.1) is 5.56 Å². The highest BCUT2D eigenvalue weighted by atomic mass is 79.9. The third-order valence-corrected chi connectivity index (χ3v) is 4.37. The van der Waals surface area contributed by atoms with Crippen LogP contribution in [0.25, 0.3) is 0 Å². The minimum absolute atomic E-state index is 0.214. The van der Waals surface area contributed by atoms with Crippen molar-refractivity contribution in [1.29, 1.82) is 0 Å². The van der Waals surface area contributed by atoms with Gasteiger partial charge in [0, 0.05) is 24.6 Å². The average Bonchev–Trinajstić information content (AvgIpc) is 3.02. The van der Waals surface area contributed by atoms with Gasteiger partial charge in [-0.3, -0.25) is 0 Å². The van der Waals surface area contributed by atoms with E-state index >= 15 is 0 Å². The topological polar surface area (TPSA) is 3.24 Å². The summed E-state index contributed by atoms with van der Waals surface area (Å²) in [5.41, 5.74) is 0.373. The number of rotatable bonds is 4. The molecule has 19 heavy (non-hydrogen) atoms. The Labute approximate surface area is 119 Å². The number of alkyl halides is 4. The molecule has 0 radical (unpaired) electrons. The van der Waals surface area contributed by atoms with Crippen molar-refractivity contribution >= 4 is 21.6 Å². The zero-order valence-corrected chi connectivity index (χ0v) is 12.6. The SMILES string of the molecule is CC1CC1CN(C)c1ccc(CBr)c(C(F)(F)F)c1. The molecule has 1 aliphatic carbocycles. The summed E-state index contributed by atoms with van der Waals surface area (Å²) in [4.78, 5) is 1.92. The van der Waals surface area contributed by atoms with E-state index in [4.69, 9.17) is 0 Å². The lowest BCUT2D eigenvalue weighted by molar-refractivity contribution is -0.138. The van der Waals surface area contributed by atoms with Crippen LogP contribution in [0, 0.1) is 11.8 Å². The van der Waals surface area contributed by atoms with Gasteiger partial charge in [-0.1, -0.05) is 28.9 Å². The van der Waals surface area contributed by atoms with Gasteiger partial charge in [-0.2, -0.15) is 13.2 Å². The summed E-state index contributed by atoms with van der Waals surface area (Å²) in [6.07, 6.45) is -3.12. The van der Waals surface area contributed by atoms with E-state index in [2.05, 4.69) is 22.9 Å². The van der Waals surface area contributed by atoms with E-state index in [1.165, 1.54) is 12.5 Å². The van der Waals surface area contributed by atoms with Gasteiger partial charge >= 0.3 is 6.18 Å². The van der Waals surface area contributed by atoms with Crippen molar-refractivity contribution in [2.45, 2.75) is 24.9 Å². The molecule has 1 fully saturated rings. The third kappa shape index (κ3) is 3.44. The first-order valence-electron chi connectivity index (χ1n) is 6.30. The maximum atomic E-state index is 13.0. The number of nitrogens with zero attached hydrogens (tertiary/aromatic N) is 1. The van der Waals surface area contributed by atoms with Crippen LogP contribution < -0.4 is 4.90 Å². The Morgan fingerprint density at radius 2 is 2.00 bits per heavy atom. The van der Waals surface area contributed by atoms with E-state index in [0.29, 0.717) is 17.5 Å². The zero-order chi connectivity index (χ0) is 14.2. The molecular weight excluding hydrogens is 319 g/mol. The second-order valence-electron chi connectivity index (χ2n) is 5.33. The molecule has 1 aliphatic rings. The first kappa shape index (κ1) is 14.7. The highest BCUT2D eigenvalue weighted by Crippen LogP contribution is 2.40. The maximum absolute atomic E-state index is 13.0. The second-order valence-corrected chi connectivity index (χ2v) is 5.89. The fourth-order valence-electron chi connectivity index (χ4n) is 2.29. The van der Waals surface area contributed by atoms with E-state index in [1.54, 1.807) is 12.1 Å². The average molecular weight is 336 g/mol. The normalized spacial score (nSPS) is 22.4. The molecule has 1 aromatic carbocycles. The largest absolute Gasteiger partial charge is 0.416 e. The molecular formula is C14H17BrF3N. The first-order chi connectivity index (χ1) is 8.82. The molecule has 0 heterocycles. The number of hydrogen-bond acceptors (Lipinski definition) is 1. The van der Waals surface area contributed by atoms with Gasteiger partial charge < -0.3 is 4.90 Å². The Kier molecular flexibility index (Phi) is 4.14. The van der Waals surface area contributed by atoms with Crippen LogP contribution in [0.2, 0.25) is 0 Å². The minimum atomic E-state index is -4.30. The Morgan fingerprint density at radius 1 is 1.37 bits per heavy atom. The summed E-state index contributed by atoms with van der Waals surface area (Å²) in [7, 11) is 1.86. The van der Waals surface area contributed by atoms with Crippen molar-refractivity contribution < 1.29 is 13.2 Å². The molecule has 0 aliphatic heterocycles. The van der Waals surface area contributed by atoms with Crippen molar-refractivity contribution in [2.24, 2.45) is 11.8 Å². The summed E-state index contributed by atoms with van der Waals surface area (Å²) in [6, 6.07) is 4.57. The smallest absolute Gasteiger partial charge is 0.374 e. The monoisotopic (exact) mass is 335 g/mol. The number of benzene rings is 1. The summed E-state index contributed by atoms with van der Waals surface area (Å²) in [5, 5.41) is 0.214. The Hall–Kier alpha value is -0.710. The molecule has 1 saturated carbocycles. The predicted molar refractivity (Wildman–Crippen MR) is 74.6 cm³/mol. The van der Waals surface area contributed by atoms with Crippen molar-refractivity contribution in [2.75, 3.05) is 18.5 Å². The van der Waals surface area contributed by atoms with Gasteiger partial charge in [0.2, 0.25) is 0 Å². The van der Waals surface area contributed by atoms with Crippen LogP contribution in [-0.2, 0) is 11.5 Å². The lowest BCUT2D eigenvalue weighted by atomic mass is 10.1. The predicted octanol–water partition coefficient (Wildman–Crippen LogP) is 4.69. The lowest BCUT2D eigenvalue weighted by Crippen LogP contribution is -2.21. The standard InChI is InChI=1S/C14H17BrF3N/c1-9-5-11(9)8-19(2)12-4-3-10(7-15)13(6-12)14(16,17)18/h3-4,6,9,11H,5,7-8H2,1-2H3. The summed E-state index contributed by atoms with van der Waals surface area (Å²) in [5.74, 6) is 1.32. The van der Waals surface area contributed by atoms with Crippen LogP contribution in [0.3, 0.4) is 0 Å². The van der Waals surface area contributed by atoms with Crippen LogP contribution in [0.4, 0.5) is 18.9 Å². The fourth-order valence-corrected chi connectivity index (χ4v) is 2.78. The highest BCUT2D eigenvalue weighted by Gasteiger charge is 2.35. The van der Waals surface area contributed by atoms with Crippen LogP contribution >= 0.6 is 15.9 Å². The van der Waals surface area contributed by atoms with E-state index < -0.39 is 11.7 Å². The molecule has 2 unspecified atom stereocenters. The molecule has 0 amide bonds. The molecule has 0 spiro atoms. The lowest BCUT2D eigenvalue weighted by Gasteiger charge is -2.22.